The van der Waals surface area contributed by atoms with Gasteiger partial charge in [0.2, 0.25) is 5.78 Å². The van der Waals surface area contributed by atoms with Crippen molar-refractivity contribution in [2.24, 2.45) is 0 Å². The zero-order valence-corrected chi connectivity index (χ0v) is 12.2. The number of imidazole rings is 1. The van der Waals surface area contributed by atoms with Crippen molar-refractivity contribution in [2.45, 2.75) is 52.1 Å². The number of likely N-dealkylation sites (N-methyl/N-ethyl adjacent to an activating group) is 1. The van der Waals surface area contributed by atoms with Gasteiger partial charge in [0.05, 0.1) is 5.54 Å². The van der Waals surface area contributed by atoms with E-state index >= 15 is 0 Å². The van der Waals surface area contributed by atoms with E-state index in [0.717, 1.165) is 25.8 Å². The number of carbonyl (C=O) groups is 1. The Morgan fingerprint density at radius 1 is 1.33 bits per heavy atom. The van der Waals surface area contributed by atoms with Crippen molar-refractivity contribution in [3.05, 3.63) is 18.2 Å². The van der Waals surface area contributed by atoms with E-state index in [1.165, 1.54) is 0 Å². The first-order valence-corrected chi connectivity index (χ1v) is 6.76. The highest BCUT2D eigenvalue weighted by molar-refractivity contribution is 6.00. The molecule has 0 bridgehead atoms. The number of carbonyl (C=O) groups excluding carboxylic acids is 1. The van der Waals surface area contributed by atoms with Gasteiger partial charge in [-0.15, -0.1) is 0 Å². The first kappa shape index (κ1) is 14.9. The highest BCUT2D eigenvalue weighted by atomic mass is 16.1. The quantitative estimate of drug-likeness (QED) is 0.699. The van der Waals surface area contributed by atoms with Gasteiger partial charge in [0.1, 0.15) is 0 Å². The number of rotatable bonds is 7. The molecular formula is C14H25N3O. The standard InChI is InChI=1S/C14H25N3O/c1-6-10-17-11-9-15-13(17)12(18)14(7-2,8-3)16(4)5/h9,11H,6-8,10H2,1-5H3. The Hall–Kier alpha value is -1.16. The van der Waals surface area contributed by atoms with Gasteiger partial charge < -0.3 is 4.57 Å². The maximum Gasteiger partial charge on any atom is 0.218 e. The van der Waals surface area contributed by atoms with Crippen LogP contribution in [0.4, 0.5) is 0 Å². The molecule has 0 N–H and O–H groups in total. The fourth-order valence-electron chi connectivity index (χ4n) is 2.55. The van der Waals surface area contributed by atoms with Crippen LogP contribution in [0, 0.1) is 0 Å². The van der Waals surface area contributed by atoms with Crippen LogP contribution in [0.3, 0.4) is 0 Å². The Kier molecular flexibility index (Phi) is 5.08. The molecule has 102 valence electrons. The molecule has 1 aromatic heterocycles. The third kappa shape index (κ3) is 2.48. The van der Waals surface area contributed by atoms with Gasteiger partial charge in [-0.1, -0.05) is 20.8 Å². The van der Waals surface area contributed by atoms with E-state index < -0.39 is 5.54 Å². The molecule has 0 atom stereocenters. The summed E-state index contributed by atoms with van der Waals surface area (Å²) in [6.07, 6.45) is 6.21. The number of Topliss-reactive ketones (excluding diaryl/α,β-unsaturated/α-hetero) is 1. The number of hydrogen-bond acceptors (Lipinski definition) is 3. The molecule has 1 aromatic rings. The minimum absolute atomic E-state index is 0.135. The number of nitrogens with zero attached hydrogens (tertiary/aromatic N) is 3. The number of ketones is 1. The summed E-state index contributed by atoms with van der Waals surface area (Å²) in [5.74, 6) is 0.727. The van der Waals surface area contributed by atoms with E-state index in [0.29, 0.717) is 5.82 Å². The minimum atomic E-state index is -0.434. The molecule has 0 aliphatic rings. The second kappa shape index (κ2) is 6.14. The van der Waals surface area contributed by atoms with E-state index in [2.05, 4.69) is 25.8 Å². The Balaban J connectivity index is 3.14. The summed E-state index contributed by atoms with van der Waals surface area (Å²) in [7, 11) is 3.94. The summed E-state index contributed by atoms with van der Waals surface area (Å²) < 4.78 is 1.96. The molecule has 0 spiro atoms. The zero-order chi connectivity index (χ0) is 13.8. The number of aromatic nitrogens is 2. The Bertz CT molecular complexity index is 391. The molecule has 0 amide bonds. The van der Waals surface area contributed by atoms with Crippen LogP contribution in [0.1, 0.15) is 50.7 Å². The van der Waals surface area contributed by atoms with Crippen LogP contribution in [0.15, 0.2) is 12.4 Å². The lowest BCUT2D eigenvalue weighted by atomic mass is 9.86. The first-order chi connectivity index (χ1) is 8.53. The average molecular weight is 251 g/mol. The van der Waals surface area contributed by atoms with Crippen molar-refractivity contribution < 1.29 is 4.79 Å². The molecular weight excluding hydrogens is 226 g/mol. The van der Waals surface area contributed by atoms with Crippen molar-refractivity contribution in [3.63, 3.8) is 0 Å². The van der Waals surface area contributed by atoms with Crippen LogP contribution >= 0.6 is 0 Å². The van der Waals surface area contributed by atoms with Crippen molar-refractivity contribution in [2.75, 3.05) is 14.1 Å². The molecule has 0 aliphatic heterocycles. The third-order valence-corrected chi connectivity index (χ3v) is 3.83. The highest BCUT2D eigenvalue weighted by Crippen LogP contribution is 2.26. The van der Waals surface area contributed by atoms with Gasteiger partial charge in [0.25, 0.3) is 0 Å². The minimum Gasteiger partial charge on any atom is -0.328 e. The van der Waals surface area contributed by atoms with Gasteiger partial charge >= 0.3 is 0 Å². The van der Waals surface area contributed by atoms with E-state index in [4.69, 9.17) is 0 Å². The maximum absolute atomic E-state index is 12.8. The lowest BCUT2D eigenvalue weighted by molar-refractivity contribution is 0.0639. The van der Waals surface area contributed by atoms with E-state index in [-0.39, 0.29) is 5.78 Å². The molecule has 4 heteroatoms. The van der Waals surface area contributed by atoms with Gasteiger partial charge in [0.15, 0.2) is 5.82 Å². The van der Waals surface area contributed by atoms with Crippen molar-refractivity contribution in [3.8, 4) is 0 Å². The monoisotopic (exact) mass is 251 g/mol. The molecule has 1 heterocycles. The second-order valence-corrected chi connectivity index (χ2v) is 4.91. The van der Waals surface area contributed by atoms with Crippen LogP contribution < -0.4 is 0 Å². The van der Waals surface area contributed by atoms with Gasteiger partial charge in [-0.2, -0.15) is 0 Å². The molecule has 0 aliphatic carbocycles. The van der Waals surface area contributed by atoms with Gasteiger partial charge in [0, 0.05) is 18.9 Å². The predicted molar refractivity (Wildman–Crippen MR) is 73.8 cm³/mol. The highest BCUT2D eigenvalue weighted by Gasteiger charge is 2.39. The SMILES string of the molecule is CCCn1ccnc1C(=O)C(CC)(CC)N(C)C. The Labute approximate surface area is 110 Å². The molecule has 0 saturated heterocycles. The molecule has 0 radical (unpaired) electrons. The average Bonchev–Trinajstić information content (AvgIpc) is 2.79. The van der Waals surface area contributed by atoms with Crippen LogP contribution in [-0.2, 0) is 6.54 Å². The molecule has 0 saturated carbocycles. The molecule has 0 aromatic carbocycles. The normalized spacial score (nSPS) is 12.1. The Morgan fingerprint density at radius 2 is 1.94 bits per heavy atom. The van der Waals surface area contributed by atoms with Crippen LogP contribution in [0.5, 0.6) is 0 Å². The number of aryl methyl sites for hydroxylation is 1. The van der Waals surface area contributed by atoms with Crippen LogP contribution in [0.2, 0.25) is 0 Å². The van der Waals surface area contributed by atoms with E-state index in [9.17, 15) is 4.79 Å². The summed E-state index contributed by atoms with van der Waals surface area (Å²) in [4.78, 5) is 19.1. The summed E-state index contributed by atoms with van der Waals surface area (Å²) in [5.41, 5.74) is -0.434. The number of hydrogen-bond donors (Lipinski definition) is 0. The molecule has 4 nitrogen and oxygen atoms in total. The lowest BCUT2D eigenvalue weighted by Gasteiger charge is -2.36. The van der Waals surface area contributed by atoms with Crippen molar-refractivity contribution in [1.82, 2.24) is 14.5 Å². The van der Waals surface area contributed by atoms with E-state index in [1.54, 1.807) is 6.20 Å². The fourth-order valence-corrected chi connectivity index (χ4v) is 2.55. The largest absolute Gasteiger partial charge is 0.328 e. The van der Waals surface area contributed by atoms with Crippen molar-refractivity contribution in [1.29, 1.82) is 0 Å². The first-order valence-electron chi connectivity index (χ1n) is 6.76. The molecule has 0 fully saturated rings. The molecule has 0 unspecified atom stereocenters. The molecule has 18 heavy (non-hydrogen) atoms. The summed E-state index contributed by atoms with van der Waals surface area (Å²) in [6, 6.07) is 0. The van der Waals surface area contributed by atoms with Gasteiger partial charge in [-0.05, 0) is 33.4 Å². The van der Waals surface area contributed by atoms with E-state index in [1.807, 2.05) is 29.8 Å². The molecule has 1 rings (SSSR count). The summed E-state index contributed by atoms with van der Waals surface area (Å²) in [5, 5.41) is 0. The lowest BCUT2D eigenvalue weighted by Crippen LogP contribution is -2.51. The smallest absolute Gasteiger partial charge is 0.218 e. The van der Waals surface area contributed by atoms with Crippen molar-refractivity contribution >= 4 is 5.78 Å². The topological polar surface area (TPSA) is 38.1 Å². The van der Waals surface area contributed by atoms with Crippen LogP contribution in [0.25, 0.3) is 0 Å². The van der Waals surface area contributed by atoms with Crippen LogP contribution in [-0.4, -0.2) is 39.9 Å². The summed E-state index contributed by atoms with van der Waals surface area (Å²) in [6.45, 7) is 7.08. The fraction of sp³-hybridized carbons (Fsp3) is 0.714. The predicted octanol–water partition coefficient (Wildman–Crippen LogP) is 2.60. The second-order valence-electron chi connectivity index (χ2n) is 4.91. The Morgan fingerprint density at radius 3 is 2.39 bits per heavy atom. The van der Waals surface area contributed by atoms with Gasteiger partial charge in [-0.3, -0.25) is 9.69 Å². The maximum atomic E-state index is 12.8. The third-order valence-electron chi connectivity index (χ3n) is 3.83. The van der Waals surface area contributed by atoms with Gasteiger partial charge in [-0.25, -0.2) is 4.98 Å². The summed E-state index contributed by atoms with van der Waals surface area (Å²) >= 11 is 0. The zero-order valence-electron chi connectivity index (χ0n) is 12.2.